The van der Waals surface area contributed by atoms with Gasteiger partial charge in [0.2, 0.25) is 0 Å². The Morgan fingerprint density at radius 1 is 1.50 bits per heavy atom. The highest BCUT2D eigenvalue weighted by Gasteiger charge is 2.39. The number of nitrogens with zero attached hydrogens (tertiary/aromatic N) is 2. The number of nitrogens with one attached hydrogen (secondary N) is 2. The molecule has 98 valence electrons. The molecule has 0 spiro atoms. The average molecular weight is 280 g/mol. The van der Waals surface area contributed by atoms with Crippen LogP contribution in [0.5, 0.6) is 0 Å². The standard InChI is InChI=1S/C8H7F3N4O2S/c1-2-5-4(3-12)6(18-8(9,10)11)7(14-13-5)15(16)17/h13-14H,2H2,1H3. The van der Waals surface area contributed by atoms with Gasteiger partial charge in [-0.15, -0.1) is 0 Å². The Morgan fingerprint density at radius 2 is 2.11 bits per heavy atom. The Hall–Kier alpha value is -1.89. The second kappa shape index (κ2) is 5.18. The molecule has 0 bridgehead atoms. The summed E-state index contributed by atoms with van der Waals surface area (Å²) in [5, 5.41) is 19.5. The van der Waals surface area contributed by atoms with Gasteiger partial charge in [-0.3, -0.25) is 0 Å². The lowest BCUT2D eigenvalue weighted by atomic mass is 10.1. The zero-order valence-electron chi connectivity index (χ0n) is 8.96. The number of alkyl halides is 3. The van der Waals surface area contributed by atoms with Crippen LogP contribution < -0.4 is 10.9 Å². The lowest BCUT2D eigenvalue weighted by Crippen LogP contribution is -2.38. The third kappa shape index (κ3) is 3.07. The van der Waals surface area contributed by atoms with Gasteiger partial charge in [-0.2, -0.15) is 23.9 Å². The summed E-state index contributed by atoms with van der Waals surface area (Å²) in [5.41, 5.74) is -0.505. The average Bonchev–Trinajstić information content (AvgIpc) is 2.25. The van der Waals surface area contributed by atoms with Gasteiger partial charge in [0.1, 0.15) is 11.0 Å². The molecule has 0 amide bonds. The molecule has 0 aromatic rings. The molecule has 0 fully saturated rings. The van der Waals surface area contributed by atoms with Gasteiger partial charge < -0.3 is 10.1 Å². The summed E-state index contributed by atoms with van der Waals surface area (Å²) in [6.07, 6.45) is 0.239. The Balaban J connectivity index is 3.34. The van der Waals surface area contributed by atoms with Crippen LogP contribution in [0.1, 0.15) is 13.3 Å². The maximum absolute atomic E-state index is 12.3. The first-order chi connectivity index (χ1) is 8.30. The maximum atomic E-state index is 12.3. The summed E-state index contributed by atoms with van der Waals surface area (Å²) in [5.74, 6) is -0.883. The normalized spacial score (nSPS) is 15.9. The van der Waals surface area contributed by atoms with E-state index in [0.29, 0.717) is 0 Å². The van der Waals surface area contributed by atoms with Gasteiger partial charge in [-0.25, -0.2) is 5.43 Å². The lowest BCUT2D eigenvalue weighted by Gasteiger charge is -2.19. The van der Waals surface area contributed by atoms with Crippen molar-refractivity contribution in [3.05, 3.63) is 32.1 Å². The fourth-order valence-corrected chi connectivity index (χ4v) is 1.96. The Morgan fingerprint density at radius 3 is 2.50 bits per heavy atom. The van der Waals surface area contributed by atoms with Gasteiger partial charge in [-0.05, 0) is 23.1 Å². The topological polar surface area (TPSA) is 91.0 Å². The van der Waals surface area contributed by atoms with Crippen molar-refractivity contribution >= 4 is 11.8 Å². The number of rotatable bonds is 3. The van der Waals surface area contributed by atoms with Gasteiger partial charge in [0, 0.05) is 0 Å². The largest absolute Gasteiger partial charge is 0.446 e. The molecule has 1 heterocycles. The van der Waals surface area contributed by atoms with Crippen LogP contribution in [0.15, 0.2) is 22.0 Å². The second-order valence-electron chi connectivity index (χ2n) is 3.05. The molecule has 18 heavy (non-hydrogen) atoms. The molecule has 1 aliphatic rings. The zero-order chi connectivity index (χ0) is 13.9. The molecular weight excluding hydrogens is 273 g/mol. The number of halogens is 3. The summed E-state index contributed by atoms with van der Waals surface area (Å²) in [4.78, 5) is 8.90. The third-order valence-electron chi connectivity index (χ3n) is 1.94. The lowest BCUT2D eigenvalue weighted by molar-refractivity contribution is -0.433. The van der Waals surface area contributed by atoms with Gasteiger partial charge in [0.25, 0.3) is 0 Å². The van der Waals surface area contributed by atoms with E-state index in [1.54, 1.807) is 13.0 Å². The smallest absolute Gasteiger partial charge is 0.358 e. The number of hydrogen-bond acceptors (Lipinski definition) is 6. The van der Waals surface area contributed by atoms with Crippen molar-refractivity contribution < 1.29 is 18.1 Å². The van der Waals surface area contributed by atoms with E-state index in [0.717, 1.165) is 0 Å². The summed E-state index contributed by atoms with van der Waals surface area (Å²) < 4.78 is 37.0. The molecule has 0 radical (unpaired) electrons. The van der Waals surface area contributed by atoms with E-state index in [-0.39, 0.29) is 17.7 Å². The van der Waals surface area contributed by atoms with Gasteiger partial charge in [0.05, 0.1) is 11.3 Å². The van der Waals surface area contributed by atoms with Crippen molar-refractivity contribution in [3.8, 4) is 6.07 Å². The molecule has 0 aromatic heterocycles. The van der Waals surface area contributed by atoms with Crippen molar-refractivity contribution in [3.63, 3.8) is 0 Å². The van der Waals surface area contributed by atoms with E-state index in [1.807, 2.05) is 0 Å². The summed E-state index contributed by atoms with van der Waals surface area (Å²) >= 11 is -0.679. The molecule has 6 nitrogen and oxygen atoms in total. The minimum atomic E-state index is -4.71. The van der Waals surface area contributed by atoms with Gasteiger partial charge in [0.15, 0.2) is 0 Å². The van der Waals surface area contributed by atoms with Crippen LogP contribution in [0.25, 0.3) is 0 Å². The van der Waals surface area contributed by atoms with E-state index in [1.165, 1.54) is 0 Å². The van der Waals surface area contributed by atoms with E-state index >= 15 is 0 Å². The molecule has 0 aromatic carbocycles. The fraction of sp³-hybridized carbons (Fsp3) is 0.375. The maximum Gasteiger partial charge on any atom is 0.446 e. The first-order valence-corrected chi connectivity index (χ1v) is 5.41. The van der Waals surface area contributed by atoms with E-state index in [9.17, 15) is 23.3 Å². The highest BCUT2D eigenvalue weighted by Crippen LogP contribution is 2.42. The summed E-state index contributed by atoms with van der Waals surface area (Å²) in [6.45, 7) is 1.61. The van der Waals surface area contributed by atoms with Crippen LogP contribution in [-0.2, 0) is 0 Å². The van der Waals surface area contributed by atoms with E-state index in [2.05, 4.69) is 10.9 Å². The monoisotopic (exact) mass is 280 g/mol. The summed E-state index contributed by atoms with van der Waals surface area (Å²) in [6, 6.07) is 1.56. The van der Waals surface area contributed by atoms with Crippen molar-refractivity contribution in [2.75, 3.05) is 0 Å². The van der Waals surface area contributed by atoms with Crippen molar-refractivity contribution in [2.45, 2.75) is 18.9 Å². The number of nitriles is 1. The molecule has 0 saturated heterocycles. The van der Waals surface area contributed by atoms with Crippen LogP contribution in [-0.4, -0.2) is 10.4 Å². The number of nitro groups is 1. The molecule has 2 N–H and O–H groups in total. The molecule has 0 atom stereocenters. The van der Waals surface area contributed by atoms with Crippen LogP contribution in [0.4, 0.5) is 13.2 Å². The first kappa shape index (κ1) is 14.2. The number of hydrazine groups is 1. The quantitative estimate of drug-likeness (QED) is 0.606. The number of hydrogen-bond donors (Lipinski definition) is 2. The first-order valence-electron chi connectivity index (χ1n) is 4.60. The van der Waals surface area contributed by atoms with Crippen molar-refractivity contribution in [2.24, 2.45) is 0 Å². The predicted octanol–water partition coefficient (Wildman–Crippen LogP) is 1.98. The van der Waals surface area contributed by atoms with E-state index in [4.69, 9.17) is 5.26 Å². The van der Waals surface area contributed by atoms with Crippen LogP contribution >= 0.6 is 11.8 Å². The van der Waals surface area contributed by atoms with Crippen LogP contribution in [0.2, 0.25) is 0 Å². The molecule has 1 aliphatic heterocycles. The minimum absolute atomic E-state index is 0.176. The Bertz CT molecular complexity index is 478. The van der Waals surface area contributed by atoms with E-state index < -0.39 is 32.9 Å². The Kier molecular flexibility index (Phi) is 4.07. The van der Waals surface area contributed by atoms with Crippen LogP contribution in [0.3, 0.4) is 0 Å². The predicted molar refractivity (Wildman–Crippen MR) is 56.9 cm³/mol. The molecule has 0 aliphatic carbocycles. The fourth-order valence-electron chi connectivity index (χ4n) is 1.24. The van der Waals surface area contributed by atoms with Crippen molar-refractivity contribution in [1.29, 1.82) is 5.26 Å². The SMILES string of the molecule is CCC1=C(C#N)C(SC(F)(F)F)=C([N+](=O)[O-])NN1. The Labute approximate surface area is 104 Å². The number of allylic oxidation sites excluding steroid dienone is 2. The van der Waals surface area contributed by atoms with Gasteiger partial charge >= 0.3 is 11.3 Å². The molecule has 1 rings (SSSR count). The summed E-state index contributed by atoms with van der Waals surface area (Å²) in [7, 11) is 0. The highest BCUT2D eigenvalue weighted by atomic mass is 32.2. The minimum Gasteiger partial charge on any atom is -0.358 e. The van der Waals surface area contributed by atoms with Gasteiger partial charge in [-0.1, -0.05) is 6.92 Å². The molecule has 0 unspecified atom stereocenters. The van der Waals surface area contributed by atoms with Crippen LogP contribution in [0, 0.1) is 21.4 Å². The second-order valence-corrected chi connectivity index (χ2v) is 4.13. The number of thioether (sulfide) groups is 1. The van der Waals surface area contributed by atoms with Crippen molar-refractivity contribution in [1.82, 2.24) is 10.9 Å². The molecular formula is C8H7F3N4O2S. The third-order valence-corrected chi connectivity index (χ3v) is 2.77. The molecule has 10 heteroatoms. The molecule has 0 saturated carbocycles. The highest BCUT2D eigenvalue weighted by molar-refractivity contribution is 8.04. The zero-order valence-corrected chi connectivity index (χ0v) is 9.78.